The molecule has 2 nitrogen and oxygen atoms in total. The topological polar surface area (TPSA) is 28.7 Å². The van der Waals surface area contributed by atoms with Crippen LogP contribution in [0.15, 0.2) is 12.1 Å². The maximum Gasteiger partial charge on any atom is 0.127 e. The van der Waals surface area contributed by atoms with E-state index in [0.29, 0.717) is 10.7 Å². The van der Waals surface area contributed by atoms with Crippen LogP contribution in [-0.4, -0.2) is 4.57 Å². The molecule has 0 saturated heterocycles. The Hall–Kier alpha value is -1.46. The Bertz CT molecular complexity index is 588. The molecule has 0 N–H and O–H groups in total. The van der Waals surface area contributed by atoms with Gasteiger partial charge in [0, 0.05) is 12.4 Å². The van der Waals surface area contributed by atoms with Crippen LogP contribution in [0.25, 0.3) is 10.9 Å². The van der Waals surface area contributed by atoms with Gasteiger partial charge >= 0.3 is 0 Å². The summed E-state index contributed by atoms with van der Waals surface area (Å²) in [5, 5.41) is 10.5. The molecule has 76 valence electrons. The number of fused-ring (bicyclic) bond motifs is 1. The highest BCUT2D eigenvalue weighted by atomic mass is 35.5. The maximum atomic E-state index is 9.04. The average molecular weight is 219 g/mol. The normalized spacial score (nSPS) is 10.6. The first kappa shape index (κ1) is 10.1. The highest BCUT2D eigenvalue weighted by molar-refractivity contribution is 6.32. The van der Waals surface area contributed by atoms with Gasteiger partial charge in [-0.1, -0.05) is 23.7 Å². The fraction of sp³-hybridized carbons (Fsp3) is 0.250. The highest BCUT2D eigenvalue weighted by Gasteiger charge is 2.15. The van der Waals surface area contributed by atoms with Crippen molar-refractivity contribution in [3.8, 4) is 6.07 Å². The minimum absolute atomic E-state index is 0.515. The zero-order chi connectivity index (χ0) is 11.2. The van der Waals surface area contributed by atoms with Crippen molar-refractivity contribution in [3.05, 3.63) is 34.0 Å². The van der Waals surface area contributed by atoms with Gasteiger partial charge in [-0.2, -0.15) is 5.26 Å². The molecule has 0 radical (unpaired) electrons. The summed E-state index contributed by atoms with van der Waals surface area (Å²) in [5.41, 5.74) is 4.01. The molecule has 0 unspecified atom stereocenters. The quantitative estimate of drug-likeness (QED) is 0.667. The van der Waals surface area contributed by atoms with Crippen LogP contribution in [0.5, 0.6) is 0 Å². The van der Waals surface area contributed by atoms with E-state index in [1.165, 1.54) is 11.1 Å². The van der Waals surface area contributed by atoms with E-state index < -0.39 is 0 Å². The molecule has 2 aromatic rings. The second-order valence-electron chi connectivity index (χ2n) is 3.74. The third-order valence-electron chi connectivity index (χ3n) is 2.92. The SMILES string of the molecule is Cc1ccc2c(C#N)c(Cl)n(C)c2c1C. The number of aryl methyl sites for hydroxylation is 3. The number of rotatable bonds is 0. The second kappa shape index (κ2) is 3.29. The summed E-state index contributed by atoms with van der Waals surface area (Å²) in [4.78, 5) is 0. The van der Waals surface area contributed by atoms with Crippen molar-refractivity contribution in [2.24, 2.45) is 7.05 Å². The highest BCUT2D eigenvalue weighted by Crippen LogP contribution is 2.31. The summed E-state index contributed by atoms with van der Waals surface area (Å²) >= 11 is 6.10. The predicted molar refractivity (Wildman–Crippen MR) is 62.1 cm³/mol. The molecule has 0 bridgehead atoms. The number of benzene rings is 1. The molecule has 0 aliphatic rings. The molecule has 2 rings (SSSR count). The summed E-state index contributed by atoms with van der Waals surface area (Å²) in [6.45, 7) is 4.11. The van der Waals surface area contributed by atoms with E-state index in [1.54, 1.807) is 0 Å². The van der Waals surface area contributed by atoms with Crippen molar-refractivity contribution in [2.45, 2.75) is 13.8 Å². The molecule has 15 heavy (non-hydrogen) atoms. The van der Waals surface area contributed by atoms with Crippen molar-refractivity contribution < 1.29 is 0 Å². The number of hydrogen-bond acceptors (Lipinski definition) is 1. The van der Waals surface area contributed by atoms with Gasteiger partial charge in [0.05, 0.1) is 11.1 Å². The van der Waals surface area contributed by atoms with Crippen LogP contribution in [0.4, 0.5) is 0 Å². The molecule has 0 saturated carbocycles. The Morgan fingerprint density at radius 1 is 1.33 bits per heavy atom. The fourth-order valence-electron chi connectivity index (χ4n) is 1.92. The molecular weight excluding hydrogens is 208 g/mol. The van der Waals surface area contributed by atoms with Gasteiger partial charge in [0.1, 0.15) is 11.2 Å². The van der Waals surface area contributed by atoms with Crippen LogP contribution in [0.3, 0.4) is 0 Å². The molecular formula is C12H11ClN2. The summed E-state index contributed by atoms with van der Waals surface area (Å²) in [7, 11) is 1.89. The zero-order valence-corrected chi connectivity index (χ0v) is 9.68. The summed E-state index contributed by atoms with van der Waals surface area (Å²) < 4.78 is 1.87. The van der Waals surface area contributed by atoms with Crippen LogP contribution in [0, 0.1) is 25.2 Å². The van der Waals surface area contributed by atoms with Gasteiger partial charge in [-0.25, -0.2) is 0 Å². The van der Waals surface area contributed by atoms with Gasteiger partial charge in [0.2, 0.25) is 0 Å². The van der Waals surface area contributed by atoms with Crippen LogP contribution in [0.2, 0.25) is 5.15 Å². The van der Waals surface area contributed by atoms with E-state index in [-0.39, 0.29) is 0 Å². The second-order valence-corrected chi connectivity index (χ2v) is 4.10. The van der Waals surface area contributed by atoms with Crippen molar-refractivity contribution in [3.63, 3.8) is 0 Å². The Balaban J connectivity index is 3.05. The lowest BCUT2D eigenvalue weighted by Gasteiger charge is -2.04. The van der Waals surface area contributed by atoms with Crippen molar-refractivity contribution >= 4 is 22.5 Å². The number of nitrogens with zero attached hydrogens (tertiary/aromatic N) is 2. The molecule has 1 aromatic carbocycles. The Labute approximate surface area is 93.7 Å². The first-order valence-corrected chi connectivity index (χ1v) is 5.10. The van der Waals surface area contributed by atoms with Gasteiger partial charge in [0.15, 0.2) is 0 Å². The first-order chi connectivity index (χ1) is 7.07. The Morgan fingerprint density at radius 3 is 2.60 bits per heavy atom. The molecule has 1 aromatic heterocycles. The summed E-state index contributed by atoms with van der Waals surface area (Å²) in [6.07, 6.45) is 0. The number of halogens is 1. The smallest absolute Gasteiger partial charge is 0.127 e. The number of aromatic nitrogens is 1. The lowest BCUT2D eigenvalue weighted by molar-refractivity contribution is 0.961. The Morgan fingerprint density at radius 2 is 2.00 bits per heavy atom. The van der Waals surface area contributed by atoms with Crippen molar-refractivity contribution in [1.82, 2.24) is 4.57 Å². The third kappa shape index (κ3) is 1.24. The third-order valence-corrected chi connectivity index (χ3v) is 3.36. The predicted octanol–water partition coefficient (Wildman–Crippen LogP) is 3.32. The molecule has 0 aliphatic carbocycles. The lowest BCUT2D eigenvalue weighted by Crippen LogP contribution is -1.91. The van der Waals surface area contributed by atoms with E-state index in [0.717, 1.165) is 10.9 Å². The molecule has 0 atom stereocenters. The van der Waals surface area contributed by atoms with Gasteiger partial charge in [-0.15, -0.1) is 0 Å². The number of hydrogen-bond donors (Lipinski definition) is 0. The zero-order valence-electron chi connectivity index (χ0n) is 8.93. The van der Waals surface area contributed by atoms with E-state index in [4.69, 9.17) is 16.9 Å². The minimum Gasteiger partial charge on any atom is -0.333 e. The summed E-state index contributed by atoms with van der Waals surface area (Å²) in [6, 6.07) is 6.14. The van der Waals surface area contributed by atoms with Crippen LogP contribution < -0.4 is 0 Å². The maximum absolute atomic E-state index is 9.04. The van der Waals surface area contributed by atoms with Gasteiger partial charge in [-0.3, -0.25) is 0 Å². The fourth-order valence-corrected chi connectivity index (χ4v) is 2.15. The Kier molecular flexibility index (Phi) is 2.21. The van der Waals surface area contributed by atoms with E-state index in [1.807, 2.05) is 23.7 Å². The largest absolute Gasteiger partial charge is 0.333 e. The van der Waals surface area contributed by atoms with Crippen LogP contribution in [0.1, 0.15) is 16.7 Å². The molecule has 0 aliphatic heterocycles. The van der Waals surface area contributed by atoms with Gasteiger partial charge in [0.25, 0.3) is 0 Å². The molecule has 1 heterocycles. The molecule has 0 amide bonds. The van der Waals surface area contributed by atoms with Crippen molar-refractivity contribution in [2.75, 3.05) is 0 Å². The van der Waals surface area contributed by atoms with Crippen LogP contribution >= 0.6 is 11.6 Å². The van der Waals surface area contributed by atoms with Gasteiger partial charge < -0.3 is 4.57 Å². The minimum atomic E-state index is 0.515. The number of nitriles is 1. The van der Waals surface area contributed by atoms with Crippen LogP contribution in [-0.2, 0) is 7.05 Å². The summed E-state index contributed by atoms with van der Waals surface area (Å²) in [5.74, 6) is 0. The first-order valence-electron chi connectivity index (χ1n) is 4.72. The van der Waals surface area contributed by atoms with E-state index in [2.05, 4.69) is 19.9 Å². The molecule has 0 spiro atoms. The monoisotopic (exact) mass is 218 g/mol. The molecule has 0 fully saturated rings. The van der Waals surface area contributed by atoms with Gasteiger partial charge in [-0.05, 0) is 25.0 Å². The van der Waals surface area contributed by atoms with E-state index in [9.17, 15) is 0 Å². The van der Waals surface area contributed by atoms with Crippen molar-refractivity contribution in [1.29, 1.82) is 5.26 Å². The standard InChI is InChI=1S/C12H11ClN2/c1-7-4-5-9-10(6-14)12(13)15(3)11(9)8(7)2/h4-5H,1-3H3. The van der Waals surface area contributed by atoms with E-state index >= 15 is 0 Å². The molecule has 3 heteroatoms. The average Bonchev–Trinajstić information content (AvgIpc) is 2.46. The lowest BCUT2D eigenvalue weighted by atomic mass is 10.1.